The molecule has 0 aliphatic heterocycles. The van der Waals surface area contributed by atoms with Crippen LogP contribution in [0.3, 0.4) is 0 Å². The van der Waals surface area contributed by atoms with E-state index in [4.69, 9.17) is 10.2 Å². The Bertz CT molecular complexity index is 1180. The van der Waals surface area contributed by atoms with Gasteiger partial charge in [0, 0.05) is 28.4 Å². The second kappa shape index (κ2) is 8.10. The van der Waals surface area contributed by atoms with Gasteiger partial charge in [0.2, 0.25) is 0 Å². The first-order chi connectivity index (χ1) is 13.9. The van der Waals surface area contributed by atoms with E-state index in [2.05, 4.69) is 5.32 Å². The van der Waals surface area contributed by atoms with E-state index in [9.17, 15) is 19.6 Å². The zero-order valence-electron chi connectivity index (χ0n) is 15.0. The van der Waals surface area contributed by atoms with Crippen LogP contribution < -0.4 is 5.32 Å². The van der Waals surface area contributed by atoms with E-state index in [0.717, 1.165) is 0 Å². The van der Waals surface area contributed by atoms with Crippen molar-refractivity contribution in [1.29, 1.82) is 5.26 Å². The summed E-state index contributed by atoms with van der Waals surface area (Å²) in [6.07, 6.45) is 2.96. The van der Waals surface area contributed by atoms with E-state index >= 15 is 0 Å². The summed E-state index contributed by atoms with van der Waals surface area (Å²) in [5, 5.41) is 30.7. The number of carbonyl (C=O) groups excluding carboxylic acids is 1. The molecule has 0 fully saturated rings. The monoisotopic (exact) mass is 389 g/mol. The second-order valence-electron chi connectivity index (χ2n) is 6.13. The van der Waals surface area contributed by atoms with E-state index < -0.39 is 17.8 Å². The minimum absolute atomic E-state index is 0.0743. The van der Waals surface area contributed by atoms with Crippen LogP contribution in [0.4, 0.5) is 5.69 Å². The van der Waals surface area contributed by atoms with Gasteiger partial charge in [-0.15, -0.1) is 0 Å². The number of rotatable bonds is 6. The Morgan fingerprint density at radius 3 is 2.38 bits per heavy atom. The van der Waals surface area contributed by atoms with Gasteiger partial charge in [-0.3, -0.25) is 9.59 Å². The average molecular weight is 389 g/mol. The van der Waals surface area contributed by atoms with Crippen LogP contribution in [0.1, 0.15) is 15.9 Å². The molecule has 29 heavy (non-hydrogen) atoms. The second-order valence-corrected chi connectivity index (χ2v) is 6.13. The van der Waals surface area contributed by atoms with Gasteiger partial charge in [-0.05, 0) is 36.4 Å². The molecule has 0 aliphatic carbocycles. The summed E-state index contributed by atoms with van der Waals surface area (Å²) < 4.78 is 1.53. The number of amides is 1. The van der Waals surface area contributed by atoms with Crippen molar-refractivity contribution in [2.24, 2.45) is 0 Å². The Hall–Kier alpha value is -4.38. The van der Waals surface area contributed by atoms with Crippen molar-refractivity contribution in [1.82, 2.24) is 4.57 Å². The molecule has 2 aromatic carbocycles. The minimum Gasteiger partial charge on any atom is -0.480 e. The minimum atomic E-state index is -1.08. The van der Waals surface area contributed by atoms with E-state index in [0.29, 0.717) is 22.2 Å². The maximum Gasteiger partial charge on any atom is 0.335 e. The highest BCUT2D eigenvalue weighted by atomic mass is 16.4. The SMILES string of the molecule is N#C/C(=C\c1cn(CC(=O)O)c2ccccc12)C(=O)Nc1ccc(C(=O)O)cc1. The van der Waals surface area contributed by atoms with Crippen LogP contribution in [-0.4, -0.2) is 32.6 Å². The maximum atomic E-state index is 12.5. The number of aromatic nitrogens is 1. The third-order valence-electron chi connectivity index (χ3n) is 4.18. The van der Waals surface area contributed by atoms with Crippen molar-refractivity contribution in [2.75, 3.05) is 5.32 Å². The largest absolute Gasteiger partial charge is 0.480 e. The van der Waals surface area contributed by atoms with Crippen molar-refractivity contribution >= 4 is 40.5 Å². The number of carboxylic acids is 2. The van der Waals surface area contributed by atoms with Crippen LogP contribution in [-0.2, 0) is 16.1 Å². The highest BCUT2D eigenvalue weighted by Gasteiger charge is 2.14. The third kappa shape index (κ3) is 4.31. The highest BCUT2D eigenvalue weighted by Crippen LogP contribution is 2.24. The zero-order valence-corrected chi connectivity index (χ0v) is 15.0. The number of nitriles is 1. The molecule has 144 valence electrons. The smallest absolute Gasteiger partial charge is 0.335 e. The Morgan fingerprint density at radius 2 is 1.76 bits per heavy atom. The molecular weight excluding hydrogens is 374 g/mol. The summed E-state index contributed by atoms with van der Waals surface area (Å²) >= 11 is 0. The lowest BCUT2D eigenvalue weighted by Gasteiger charge is -2.04. The molecule has 0 spiro atoms. The number of benzene rings is 2. The highest BCUT2D eigenvalue weighted by molar-refractivity contribution is 6.11. The number of aliphatic carboxylic acids is 1. The van der Waals surface area contributed by atoms with Crippen molar-refractivity contribution in [3.05, 3.63) is 71.4 Å². The Labute approximate surface area is 164 Å². The van der Waals surface area contributed by atoms with Gasteiger partial charge in [0.15, 0.2) is 0 Å². The van der Waals surface area contributed by atoms with Gasteiger partial charge in [0.1, 0.15) is 18.2 Å². The van der Waals surface area contributed by atoms with E-state index in [1.807, 2.05) is 6.07 Å². The normalized spacial score (nSPS) is 11.1. The predicted octanol–water partition coefficient (Wildman–Crippen LogP) is 2.97. The lowest BCUT2D eigenvalue weighted by molar-refractivity contribution is -0.137. The molecule has 0 bridgehead atoms. The number of nitrogens with one attached hydrogen (secondary N) is 1. The van der Waals surface area contributed by atoms with Crippen LogP contribution in [0.25, 0.3) is 17.0 Å². The van der Waals surface area contributed by atoms with Crippen LogP contribution in [0.2, 0.25) is 0 Å². The Kier molecular flexibility index (Phi) is 5.42. The molecule has 0 aliphatic rings. The van der Waals surface area contributed by atoms with Crippen LogP contribution in [0.15, 0.2) is 60.3 Å². The standard InChI is InChI=1S/C21H15N3O5/c22-10-14(20(27)23-16-7-5-13(6-8-16)21(28)29)9-15-11-24(12-19(25)26)18-4-2-1-3-17(15)18/h1-9,11H,12H2,(H,23,27)(H,25,26)(H,28,29)/b14-9+. The lowest BCUT2D eigenvalue weighted by atomic mass is 10.1. The Balaban J connectivity index is 1.91. The van der Waals surface area contributed by atoms with Gasteiger partial charge >= 0.3 is 11.9 Å². The molecule has 1 aromatic heterocycles. The Morgan fingerprint density at radius 1 is 1.07 bits per heavy atom. The lowest BCUT2D eigenvalue weighted by Crippen LogP contribution is -2.13. The predicted molar refractivity (Wildman–Crippen MR) is 105 cm³/mol. The number of carboxylic acid groups (broad SMARTS) is 2. The molecule has 1 amide bonds. The van der Waals surface area contributed by atoms with Gasteiger partial charge < -0.3 is 20.1 Å². The summed E-state index contributed by atoms with van der Waals surface area (Å²) in [6.45, 7) is -0.252. The summed E-state index contributed by atoms with van der Waals surface area (Å²) in [5.74, 6) is -2.76. The van der Waals surface area contributed by atoms with Gasteiger partial charge in [0.25, 0.3) is 5.91 Å². The quantitative estimate of drug-likeness (QED) is 0.438. The van der Waals surface area contributed by atoms with Crippen LogP contribution in [0, 0.1) is 11.3 Å². The van der Waals surface area contributed by atoms with E-state index in [1.165, 1.54) is 34.9 Å². The van der Waals surface area contributed by atoms with Crippen molar-refractivity contribution in [3.8, 4) is 6.07 Å². The summed E-state index contributed by atoms with van der Waals surface area (Å²) in [7, 11) is 0. The van der Waals surface area contributed by atoms with Crippen LogP contribution in [0.5, 0.6) is 0 Å². The number of anilines is 1. The fourth-order valence-electron chi connectivity index (χ4n) is 2.87. The summed E-state index contributed by atoms with van der Waals surface area (Å²) in [5.41, 5.74) is 1.45. The average Bonchev–Trinajstić information content (AvgIpc) is 3.03. The first-order valence-corrected chi connectivity index (χ1v) is 8.45. The molecule has 3 rings (SSSR count). The summed E-state index contributed by atoms with van der Waals surface area (Å²) in [4.78, 5) is 34.4. The fraction of sp³-hybridized carbons (Fsp3) is 0.0476. The molecular formula is C21H15N3O5. The van der Waals surface area contributed by atoms with E-state index in [1.54, 1.807) is 30.5 Å². The maximum absolute atomic E-state index is 12.5. The number of hydrogen-bond donors (Lipinski definition) is 3. The number of hydrogen-bond acceptors (Lipinski definition) is 4. The van der Waals surface area contributed by atoms with Crippen molar-refractivity contribution in [2.45, 2.75) is 6.54 Å². The van der Waals surface area contributed by atoms with Crippen LogP contribution >= 0.6 is 0 Å². The topological polar surface area (TPSA) is 132 Å². The van der Waals surface area contributed by atoms with Crippen molar-refractivity contribution < 1.29 is 24.6 Å². The number of aromatic carboxylic acids is 1. The van der Waals surface area contributed by atoms with E-state index in [-0.39, 0.29) is 17.7 Å². The van der Waals surface area contributed by atoms with Gasteiger partial charge in [-0.25, -0.2) is 4.79 Å². The zero-order chi connectivity index (χ0) is 21.0. The van der Waals surface area contributed by atoms with Gasteiger partial charge in [-0.2, -0.15) is 5.26 Å². The molecule has 3 N–H and O–H groups in total. The first-order valence-electron chi connectivity index (χ1n) is 8.45. The molecule has 8 heteroatoms. The number of fused-ring (bicyclic) bond motifs is 1. The fourth-order valence-corrected chi connectivity index (χ4v) is 2.87. The van der Waals surface area contributed by atoms with Gasteiger partial charge in [0.05, 0.1) is 5.56 Å². The number of nitrogens with zero attached hydrogens (tertiary/aromatic N) is 2. The summed E-state index contributed by atoms with van der Waals surface area (Å²) in [6, 6.07) is 14.5. The number of para-hydroxylation sites is 1. The molecule has 1 heterocycles. The van der Waals surface area contributed by atoms with Crippen molar-refractivity contribution in [3.63, 3.8) is 0 Å². The molecule has 8 nitrogen and oxygen atoms in total. The molecule has 0 saturated carbocycles. The third-order valence-corrected chi connectivity index (χ3v) is 4.18. The van der Waals surface area contributed by atoms with Gasteiger partial charge in [-0.1, -0.05) is 18.2 Å². The number of carbonyl (C=O) groups is 3. The molecule has 0 unspecified atom stereocenters. The molecule has 0 radical (unpaired) electrons. The molecule has 0 atom stereocenters. The molecule has 0 saturated heterocycles. The molecule has 3 aromatic rings. The first kappa shape index (κ1) is 19.4.